The van der Waals surface area contributed by atoms with E-state index in [1.165, 1.54) is 16.7 Å². The number of rotatable bonds is 9. The zero-order valence-electron chi connectivity index (χ0n) is 19.7. The van der Waals surface area contributed by atoms with Crippen LogP contribution >= 0.6 is 11.8 Å². The van der Waals surface area contributed by atoms with Crippen molar-refractivity contribution in [2.24, 2.45) is 0 Å². The summed E-state index contributed by atoms with van der Waals surface area (Å²) in [7, 11) is 0. The summed E-state index contributed by atoms with van der Waals surface area (Å²) in [6.45, 7) is 12.4. The maximum absolute atomic E-state index is 13.3. The van der Waals surface area contributed by atoms with Gasteiger partial charge >= 0.3 is 0 Å². The van der Waals surface area contributed by atoms with E-state index in [4.69, 9.17) is 0 Å². The van der Waals surface area contributed by atoms with Crippen LogP contribution in [0.3, 0.4) is 0 Å². The second-order valence-corrected chi connectivity index (χ2v) is 10.1. The second kappa shape index (κ2) is 11.4. The summed E-state index contributed by atoms with van der Waals surface area (Å²) in [6, 6.07) is 16.0. The largest absolute Gasteiger partial charge is 0.350 e. The third-order valence-corrected chi connectivity index (χ3v) is 5.92. The molecular weight excluding hydrogens is 404 g/mol. The maximum Gasteiger partial charge on any atom is 0.243 e. The highest BCUT2D eigenvalue weighted by Crippen LogP contribution is 2.18. The van der Waals surface area contributed by atoms with Gasteiger partial charge in [0.05, 0.1) is 5.75 Å². The van der Waals surface area contributed by atoms with Gasteiger partial charge in [0.25, 0.3) is 0 Å². The van der Waals surface area contributed by atoms with E-state index in [0.717, 1.165) is 11.3 Å². The number of thioether (sulfide) groups is 1. The summed E-state index contributed by atoms with van der Waals surface area (Å²) in [6.07, 6.45) is 0.571. The molecule has 0 unspecified atom stereocenters. The van der Waals surface area contributed by atoms with Gasteiger partial charge in [0.2, 0.25) is 11.8 Å². The van der Waals surface area contributed by atoms with Gasteiger partial charge in [0.15, 0.2) is 0 Å². The molecule has 0 aliphatic carbocycles. The van der Waals surface area contributed by atoms with Gasteiger partial charge in [0, 0.05) is 17.8 Å². The first-order valence-electron chi connectivity index (χ1n) is 10.9. The lowest BCUT2D eigenvalue weighted by Crippen LogP contribution is -2.53. The number of nitrogens with one attached hydrogen (secondary N) is 1. The van der Waals surface area contributed by atoms with Gasteiger partial charge in [-0.1, -0.05) is 66.6 Å². The van der Waals surface area contributed by atoms with Gasteiger partial charge in [-0.3, -0.25) is 9.59 Å². The van der Waals surface area contributed by atoms with Crippen LogP contribution in [0.1, 0.15) is 56.4 Å². The number of amides is 2. The fraction of sp³-hybridized carbons (Fsp3) is 0.462. The van der Waals surface area contributed by atoms with Gasteiger partial charge in [-0.15, -0.1) is 11.8 Å². The van der Waals surface area contributed by atoms with Crippen molar-refractivity contribution in [3.8, 4) is 0 Å². The third kappa shape index (κ3) is 8.41. The summed E-state index contributed by atoms with van der Waals surface area (Å²) in [5.74, 6) is 1.02. The first kappa shape index (κ1) is 25.0. The first-order chi connectivity index (χ1) is 14.6. The minimum Gasteiger partial charge on any atom is -0.350 e. The van der Waals surface area contributed by atoms with Gasteiger partial charge in [-0.2, -0.15) is 0 Å². The molecule has 5 heteroatoms. The van der Waals surface area contributed by atoms with Crippen LogP contribution in [0.25, 0.3) is 0 Å². The molecule has 2 aromatic rings. The minimum atomic E-state index is -0.493. The zero-order valence-corrected chi connectivity index (χ0v) is 20.5. The average molecular weight is 441 g/mol. The molecule has 4 nitrogen and oxygen atoms in total. The van der Waals surface area contributed by atoms with Gasteiger partial charge in [0.1, 0.15) is 6.04 Å². The predicted molar refractivity (Wildman–Crippen MR) is 131 cm³/mol. The smallest absolute Gasteiger partial charge is 0.243 e. The molecule has 31 heavy (non-hydrogen) atoms. The number of benzene rings is 2. The van der Waals surface area contributed by atoms with Gasteiger partial charge in [-0.25, -0.2) is 0 Å². The van der Waals surface area contributed by atoms with E-state index in [0.29, 0.717) is 18.7 Å². The standard InChI is InChI=1S/C26H36N2O2S/c1-7-23(25(30)27-26(4,5)6)28(16-21-13-11-19(2)12-14-21)24(29)18-31-17-22-10-8-9-20(3)15-22/h8-15,23H,7,16-18H2,1-6H3,(H,27,30)/t23-/m1/s1. The van der Waals surface area contributed by atoms with Crippen LogP contribution < -0.4 is 5.32 Å². The van der Waals surface area contributed by atoms with Crippen molar-refractivity contribution >= 4 is 23.6 Å². The van der Waals surface area contributed by atoms with E-state index in [2.05, 4.69) is 30.4 Å². The number of aryl methyl sites for hydroxylation is 2. The number of hydrogen-bond acceptors (Lipinski definition) is 3. The Labute approximate surface area is 191 Å². The van der Waals surface area contributed by atoms with Crippen molar-refractivity contribution in [2.75, 3.05) is 5.75 Å². The molecule has 0 fully saturated rings. The molecule has 1 N–H and O–H groups in total. The lowest BCUT2D eigenvalue weighted by molar-refractivity contribution is -0.140. The lowest BCUT2D eigenvalue weighted by Gasteiger charge is -2.33. The monoisotopic (exact) mass is 440 g/mol. The molecule has 0 spiro atoms. The molecule has 0 saturated carbocycles. The minimum absolute atomic E-state index is 0.00543. The van der Waals surface area contributed by atoms with Crippen LogP contribution in [0.2, 0.25) is 0 Å². The summed E-state index contributed by atoms with van der Waals surface area (Å²) in [5, 5.41) is 3.05. The molecule has 2 amide bonds. The lowest BCUT2D eigenvalue weighted by atomic mass is 10.1. The molecule has 0 aliphatic heterocycles. The zero-order chi connectivity index (χ0) is 23.0. The van der Waals surface area contributed by atoms with E-state index < -0.39 is 6.04 Å². The Hall–Kier alpha value is -2.27. The fourth-order valence-corrected chi connectivity index (χ4v) is 4.26. The summed E-state index contributed by atoms with van der Waals surface area (Å²) in [5.41, 5.74) is 4.29. The quantitative estimate of drug-likeness (QED) is 0.579. The van der Waals surface area contributed by atoms with Gasteiger partial charge < -0.3 is 10.2 Å². The van der Waals surface area contributed by atoms with E-state index in [9.17, 15) is 9.59 Å². The van der Waals surface area contributed by atoms with Crippen molar-refractivity contribution < 1.29 is 9.59 Å². The van der Waals surface area contributed by atoms with Crippen LogP contribution in [-0.2, 0) is 21.9 Å². The highest BCUT2D eigenvalue weighted by atomic mass is 32.2. The molecule has 0 bridgehead atoms. The number of nitrogens with zero attached hydrogens (tertiary/aromatic N) is 1. The van der Waals surface area contributed by atoms with Gasteiger partial charge in [-0.05, 0) is 52.2 Å². The number of hydrogen-bond donors (Lipinski definition) is 1. The Kier molecular flexibility index (Phi) is 9.17. The SMILES string of the molecule is CC[C@H](C(=O)NC(C)(C)C)N(Cc1ccc(C)cc1)C(=O)CSCc1cccc(C)c1. The summed E-state index contributed by atoms with van der Waals surface area (Å²) >= 11 is 1.59. The van der Waals surface area contributed by atoms with E-state index in [1.807, 2.05) is 65.0 Å². The summed E-state index contributed by atoms with van der Waals surface area (Å²) < 4.78 is 0. The van der Waals surface area contributed by atoms with Crippen LogP contribution in [0.4, 0.5) is 0 Å². The molecule has 0 aromatic heterocycles. The van der Waals surface area contributed by atoms with E-state index >= 15 is 0 Å². The predicted octanol–water partition coefficient (Wildman–Crippen LogP) is 5.26. The van der Waals surface area contributed by atoms with Crippen molar-refractivity contribution in [3.05, 3.63) is 70.8 Å². The molecule has 0 heterocycles. The molecule has 1 atom stereocenters. The molecule has 0 saturated heterocycles. The van der Waals surface area contributed by atoms with Crippen molar-refractivity contribution in [3.63, 3.8) is 0 Å². The molecule has 0 aliphatic rings. The van der Waals surface area contributed by atoms with E-state index in [-0.39, 0.29) is 17.4 Å². The fourth-order valence-electron chi connectivity index (χ4n) is 3.40. The Morgan fingerprint density at radius 3 is 2.26 bits per heavy atom. The van der Waals surface area contributed by atoms with Crippen molar-refractivity contribution in [1.29, 1.82) is 0 Å². The second-order valence-electron chi connectivity index (χ2n) is 9.15. The molecule has 0 radical (unpaired) electrons. The summed E-state index contributed by atoms with van der Waals surface area (Å²) in [4.78, 5) is 28.0. The first-order valence-corrected chi connectivity index (χ1v) is 12.0. The normalized spacial score (nSPS) is 12.3. The topological polar surface area (TPSA) is 49.4 Å². The highest BCUT2D eigenvalue weighted by Gasteiger charge is 2.30. The number of carbonyl (C=O) groups excluding carboxylic acids is 2. The molecule has 2 aromatic carbocycles. The van der Waals surface area contributed by atoms with Crippen molar-refractivity contribution in [1.82, 2.24) is 10.2 Å². The Bertz CT molecular complexity index is 872. The Morgan fingerprint density at radius 1 is 1.00 bits per heavy atom. The third-order valence-electron chi connectivity index (χ3n) is 4.93. The molecular formula is C26H36N2O2S. The van der Waals surface area contributed by atoms with Crippen LogP contribution in [0, 0.1) is 13.8 Å². The van der Waals surface area contributed by atoms with Crippen molar-refractivity contribution in [2.45, 2.75) is 71.8 Å². The van der Waals surface area contributed by atoms with Crippen LogP contribution in [-0.4, -0.2) is 34.0 Å². The van der Waals surface area contributed by atoms with Crippen LogP contribution in [0.15, 0.2) is 48.5 Å². The highest BCUT2D eigenvalue weighted by molar-refractivity contribution is 7.99. The average Bonchev–Trinajstić information content (AvgIpc) is 2.68. The maximum atomic E-state index is 13.3. The Morgan fingerprint density at radius 2 is 1.68 bits per heavy atom. The van der Waals surface area contributed by atoms with Crippen LogP contribution in [0.5, 0.6) is 0 Å². The molecule has 2 rings (SSSR count). The Balaban J connectivity index is 2.15. The van der Waals surface area contributed by atoms with E-state index in [1.54, 1.807) is 16.7 Å². The molecule has 168 valence electrons. The number of carbonyl (C=O) groups is 2.